The summed E-state index contributed by atoms with van der Waals surface area (Å²) in [6.45, 7) is 1.80. The van der Waals surface area contributed by atoms with Crippen LogP contribution < -0.4 is 0 Å². The van der Waals surface area contributed by atoms with Gasteiger partial charge in [-0.3, -0.25) is 11.8 Å². The van der Waals surface area contributed by atoms with Crippen LogP contribution in [0, 0.1) is 6.92 Å². The van der Waals surface area contributed by atoms with E-state index in [-0.39, 0.29) is 4.90 Å². The first-order chi connectivity index (χ1) is 5.56. The van der Waals surface area contributed by atoms with Crippen LogP contribution in [0.4, 0.5) is 0 Å². The lowest BCUT2D eigenvalue weighted by Gasteiger charge is -2.11. The van der Waals surface area contributed by atoms with E-state index in [1.165, 1.54) is 12.1 Å². The Morgan fingerprint density at radius 2 is 2.08 bits per heavy atom. The largest absolute Gasteiger partial charge is 0.458 e. The molecular formula is C7H7ClNO2S-. The molecule has 1 rings (SSSR count). The zero-order valence-electron chi connectivity index (χ0n) is 6.36. The fraction of sp³-hybridized carbons (Fsp3) is 0.143. The Morgan fingerprint density at radius 1 is 1.42 bits per heavy atom. The number of aryl methyl sites for hydroxylation is 1. The summed E-state index contributed by atoms with van der Waals surface area (Å²) in [5, 5.41) is 0. The molecule has 0 saturated heterocycles. The van der Waals surface area contributed by atoms with Crippen molar-refractivity contribution < 1.29 is 8.42 Å². The van der Waals surface area contributed by atoms with E-state index in [4.69, 9.17) is 11.8 Å². The second-order valence-corrected chi connectivity index (χ2v) is 4.33. The Bertz CT molecular complexity index is 375. The smallest absolute Gasteiger partial charge is 0.112 e. The van der Waals surface area contributed by atoms with Crippen molar-refractivity contribution in [2.24, 2.45) is 0 Å². The summed E-state index contributed by atoms with van der Waals surface area (Å²) in [7, 11) is -3.63. The van der Waals surface area contributed by atoms with Gasteiger partial charge in [-0.15, -0.1) is 0 Å². The Hall–Kier alpha value is -0.580. The predicted octanol–water partition coefficient (Wildman–Crippen LogP) is 2.21. The summed E-state index contributed by atoms with van der Waals surface area (Å²) < 4.78 is 24.9. The summed E-state index contributed by atoms with van der Waals surface area (Å²) in [5.74, 6) is 0. The van der Waals surface area contributed by atoms with Gasteiger partial charge in [0.2, 0.25) is 0 Å². The zero-order valence-corrected chi connectivity index (χ0v) is 7.93. The lowest BCUT2D eigenvalue weighted by molar-refractivity contribution is 0.604. The molecule has 0 aliphatic carbocycles. The van der Waals surface area contributed by atoms with Gasteiger partial charge in [-0.05, 0) is 24.6 Å². The molecule has 0 atom stereocenters. The molecule has 12 heavy (non-hydrogen) atoms. The molecule has 0 heterocycles. The van der Waals surface area contributed by atoms with Crippen molar-refractivity contribution in [1.82, 2.24) is 0 Å². The maximum absolute atomic E-state index is 11.1. The number of halogens is 1. The van der Waals surface area contributed by atoms with E-state index < -0.39 is 10.0 Å². The molecule has 5 heteroatoms. The first-order valence-electron chi connectivity index (χ1n) is 3.21. The van der Waals surface area contributed by atoms with E-state index in [1.54, 1.807) is 19.1 Å². The van der Waals surface area contributed by atoms with Gasteiger partial charge in [0.25, 0.3) is 0 Å². The molecule has 0 spiro atoms. The molecule has 0 aliphatic rings. The van der Waals surface area contributed by atoms with Crippen molar-refractivity contribution in [2.75, 3.05) is 0 Å². The summed E-state index contributed by atoms with van der Waals surface area (Å²) in [6, 6.07) is 6.41. The molecule has 0 aliphatic heterocycles. The number of benzene rings is 1. The average molecular weight is 205 g/mol. The lowest BCUT2D eigenvalue weighted by atomic mass is 10.2. The van der Waals surface area contributed by atoms with Crippen LogP contribution in [-0.2, 0) is 10.0 Å². The molecular weight excluding hydrogens is 198 g/mol. The number of hydrogen-bond donors (Lipinski definition) is 0. The van der Waals surface area contributed by atoms with Gasteiger partial charge in [0.15, 0.2) is 0 Å². The molecule has 1 aromatic carbocycles. The van der Waals surface area contributed by atoms with Gasteiger partial charge in [-0.25, -0.2) is 8.42 Å². The highest BCUT2D eigenvalue weighted by Crippen LogP contribution is 2.18. The highest BCUT2D eigenvalue weighted by molar-refractivity contribution is 7.95. The molecule has 0 bridgehead atoms. The lowest BCUT2D eigenvalue weighted by Crippen LogP contribution is -1.95. The van der Waals surface area contributed by atoms with Gasteiger partial charge in [0.05, 0.1) is 0 Å². The molecule has 0 aromatic heterocycles. The Morgan fingerprint density at radius 3 is 2.58 bits per heavy atom. The van der Waals surface area contributed by atoms with Crippen LogP contribution in [0.3, 0.4) is 0 Å². The minimum Gasteiger partial charge on any atom is -0.458 e. The van der Waals surface area contributed by atoms with Crippen LogP contribution in [0.15, 0.2) is 29.2 Å². The van der Waals surface area contributed by atoms with E-state index in [1.807, 2.05) is 0 Å². The van der Waals surface area contributed by atoms with Gasteiger partial charge in [-0.1, -0.05) is 12.1 Å². The standard InChI is InChI=1S/C7H7ClNO2S/c1-6-3-2-4-7(5-6)12(10,11)9-8/h2-5H,1H3/q-1. The third-order valence-electron chi connectivity index (χ3n) is 1.38. The molecule has 0 radical (unpaired) electrons. The molecule has 0 saturated carbocycles. The number of sulfonamides is 1. The van der Waals surface area contributed by atoms with Crippen molar-refractivity contribution in [1.29, 1.82) is 0 Å². The molecule has 1 aromatic rings. The van der Waals surface area contributed by atoms with Crippen LogP contribution in [0.5, 0.6) is 0 Å². The summed E-state index contributed by atoms with van der Waals surface area (Å²) in [5.41, 5.74) is 0.858. The fourth-order valence-corrected chi connectivity index (χ4v) is 1.72. The minimum absolute atomic E-state index is 0.123. The van der Waals surface area contributed by atoms with Gasteiger partial charge in [0.1, 0.15) is 10.0 Å². The normalized spacial score (nSPS) is 11.5. The molecule has 0 amide bonds. The van der Waals surface area contributed by atoms with E-state index in [0.29, 0.717) is 0 Å². The first kappa shape index (κ1) is 9.51. The predicted molar refractivity (Wildman–Crippen MR) is 47.6 cm³/mol. The maximum Gasteiger partial charge on any atom is 0.112 e. The molecule has 0 N–H and O–H groups in total. The van der Waals surface area contributed by atoms with Crippen LogP contribution in [0.1, 0.15) is 5.56 Å². The van der Waals surface area contributed by atoms with Crippen molar-refractivity contribution in [2.45, 2.75) is 11.8 Å². The Labute approximate surface area is 76.5 Å². The molecule has 3 nitrogen and oxygen atoms in total. The second kappa shape index (κ2) is 3.43. The van der Waals surface area contributed by atoms with Gasteiger partial charge in [0, 0.05) is 4.90 Å². The van der Waals surface area contributed by atoms with E-state index in [2.05, 4.69) is 4.24 Å². The van der Waals surface area contributed by atoms with Gasteiger partial charge < -0.3 is 4.24 Å². The van der Waals surface area contributed by atoms with E-state index in [0.717, 1.165) is 5.56 Å². The highest BCUT2D eigenvalue weighted by atomic mass is 35.5. The summed E-state index contributed by atoms with van der Waals surface area (Å²) >= 11 is 4.92. The third-order valence-corrected chi connectivity index (χ3v) is 2.95. The van der Waals surface area contributed by atoms with E-state index in [9.17, 15) is 8.42 Å². The SMILES string of the molecule is Cc1cccc(S(=O)(=O)[N-]Cl)c1. The number of rotatable bonds is 2. The second-order valence-electron chi connectivity index (χ2n) is 2.36. The maximum atomic E-state index is 11.1. The highest BCUT2D eigenvalue weighted by Gasteiger charge is 2.01. The Balaban J connectivity index is 3.21. The van der Waals surface area contributed by atoms with Crippen LogP contribution in [-0.4, -0.2) is 8.42 Å². The van der Waals surface area contributed by atoms with Crippen molar-refractivity contribution in [3.8, 4) is 0 Å². The van der Waals surface area contributed by atoms with Crippen molar-refractivity contribution >= 4 is 21.8 Å². The van der Waals surface area contributed by atoms with Gasteiger partial charge >= 0.3 is 0 Å². The fourth-order valence-electron chi connectivity index (χ4n) is 0.816. The van der Waals surface area contributed by atoms with E-state index >= 15 is 0 Å². The summed E-state index contributed by atoms with van der Waals surface area (Å²) in [4.78, 5) is 0.123. The van der Waals surface area contributed by atoms with Crippen LogP contribution in [0.2, 0.25) is 0 Å². The molecule has 0 unspecified atom stereocenters. The Kier molecular flexibility index (Phi) is 2.72. The quantitative estimate of drug-likeness (QED) is 0.742. The zero-order chi connectivity index (χ0) is 9.19. The first-order valence-corrected chi connectivity index (χ1v) is 4.99. The number of hydrogen-bond acceptors (Lipinski definition) is 2. The molecule has 66 valence electrons. The molecule has 0 fully saturated rings. The number of nitrogens with zero attached hydrogens (tertiary/aromatic N) is 1. The van der Waals surface area contributed by atoms with Crippen molar-refractivity contribution in [3.05, 3.63) is 34.1 Å². The average Bonchev–Trinajstić information content (AvgIpc) is 2.05. The van der Waals surface area contributed by atoms with Crippen molar-refractivity contribution in [3.63, 3.8) is 0 Å². The minimum atomic E-state index is -3.63. The monoisotopic (exact) mass is 204 g/mol. The van der Waals surface area contributed by atoms with Crippen LogP contribution in [0.25, 0.3) is 4.24 Å². The third kappa shape index (κ3) is 1.97. The summed E-state index contributed by atoms with van der Waals surface area (Å²) in [6.07, 6.45) is 0. The van der Waals surface area contributed by atoms with Gasteiger partial charge in [-0.2, -0.15) is 0 Å². The topological polar surface area (TPSA) is 48.2 Å². The van der Waals surface area contributed by atoms with Crippen LogP contribution >= 0.6 is 11.8 Å².